The highest BCUT2D eigenvalue weighted by Gasteiger charge is 2.12. The van der Waals surface area contributed by atoms with Gasteiger partial charge in [-0.15, -0.1) is 0 Å². The lowest BCUT2D eigenvalue weighted by atomic mass is 10.1. The molecule has 4 rings (SSSR count). The number of esters is 1. The van der Waals surface area contributed by atoms with E-state index in [0.717, 1.165) is 22.0 Å². The number of hydrogen-bond acceptors (Lipinski definition) is 5. The molecule has 0 fully saturated rings. The highest BCUT2D eigenvalue weighted by molar-refractivity contribution is 6.29. The van der Waals surface area contributed by atoms with Crippen LogP contribution in [0, 0.1) is 6.92 Å². The van der Waals surface area contributed by atoms with E-state index >= 15 is 0 Å². The first-order valence-electron chi connectivity index (χ1n) is 8.33. The molecule has 5 nitrogen and oxygen atoms in total. The Morgan fingerprint density at radius 2 is 1.89 bits per heavy atom. The predicted molar refractivity (Wildman–Crippen MR) is 103 cm³/mol. The minimum Gasteiger partial charge on any atom is -0.455 e. The quantitative estimate of drug-likeness (QED) is 0.360. The lowest BCUT2D eigenvalue weighted by Gasteiger charge is -2.04. The van der Waals surface area contributed by atoms with Crippen LogP contribution in [0.1, 0.15) is 21.6 Å². The zero-order chi connectivity index (χ0) is 18.8. The first-order chi connectivity index (χ1) is 13.1. The van der Waals surface area contributed by atoms with Crippen LogP contribution in [-0.2, 0) is 11.3 Å². The van der Waals surface area contributed by atoms with Crippen LogP contribution < -0.4 is 0 Å². The minimum absolute atomic E-state index is 0.0328. The van der Waals surface area contributed by atoms with Gasteiger partial charge in [0.15, 0.2) is 0 Å². The molecule has 0 radical (unpaired) electrons. The van der Waals surface area contributed by atoms with Crippen molar-refractivity contribution < 1.29 is 13.9 Å². The van der Waals surface area contributed by atoms with Gasteiger partial charge in [-0.05, 0) is 49.4 Å². The van der Waals surface area contributed by atoms with Crippen LogP contribution in [0.4, 0.5) is 0 Å². The van der Waals surface area contributed by atoms with Crippen molar-refractivity contribution in [3.05, 3.63) is 82.8 Å². The summed E-state index contributed by atoms with van der Waals surface area (Å²) in [6.07, 6.45) is 1.49. The smallest absolute Gasteiger partial charge is 0.338 e. The largest absolute Gasteiger partial charge is 0.455 e. The molecular formula is C21H15ClN2O3. The molecule has 0 saturated heterocycles. The maximum Gasteiger partial charge on any atom is 0.338 e. The van der Waals surface area contributed by atoms with Gasteiger partial charge in [-0.2, -0.15) is 0 Å². The van der Waals surface area contributed by atoms with Crippen molar-refractivity contribution in [2.45, 2.75) is 13.5 Å². The van der Waals surface area contributed by atoms with E-state index in [9.17, 15) is 4.79 Å². The number of rotatable bonds is 4. The molecule has 0 amide bonds. The molecule has 0 N–H and O–H groups in total. The van der Waals surface area contributed by atoms with Crippen molar-refractivity contribution >= 4 is 28.5 Å². The van der Waals surface area contributed by atoms with Gasteiger partial charge in [-0.1, -0.05) is 29.3 Å². The molecule has 6 heteroatoms. The Morgan fingerprint density at radius 3 is 2.70 bits per heavy atom. The van der Waals surface area contributed by atoms with Gasteiger partial charge in [-0.25, -0.2) is 14.8 Å². The summed E-state index contributed by atoms with van der Waals surface area (Å²) in [6, 6.07) is 16.5. The van der Waals surface area contributed by atoms with E-state index in [2.05, 4.69) is 9.97 Å². The van der Waals surface area contributed by atoms with Gasteiger partial charge in [0, 0.05) is 10.9 Å². The van der Waals surface area contributed by atoms with Crippen molar-refractivity contribution in [3.63, 3.8) is 0 Å². The Bertz CT molecular complexity index is 1120. The highest BCUT2D eigenvalue weighted by atomic mass is 35.5. The number of aryl methyl sites for hydroxylation is 1. The topological polar surface area (TPSA) is 65.2 Å². The molecule has 2 aromatic heterocycles. The van der Waals surface area contributed by atoms with E-state index in [0.29, 0.717) is 22.3 Å². The fourth-order valence-electron chi connectivity index (χ4n) is 2.65. The zero-order valence-corrected chi connectivity index (χ0v) is 15.2. The Kier molecular flexibility index (Phi) is 4.60. The summed E-state index contributed by atoms with van der Waals surface area (Å²) < 4.78 is 10.8. The number of oxazole rings is 1. The third-order valence-corrected chi connectivity index (χ3v) is 4.30. The van der Waals surface area contributed by atoms with E-state index in [4.69, 9.17) is 20.8 Å². The van der Waals surface area contributed by atoms with E-state index in [1.165, 1.54) is 6.26 Å². The lowest BCUT2D eigenvalue weighted by molar-refractivity contribution is 0.0468. The lowest BCUT2D eigenvalue weighted by Crippen LogP contribution is -2.05. The number of benzene rings is 2. The normalized spacial score (nSPS) is 10.9. The number of hydrogen-bond donors (Lipinski definition) is 0. The second-order valence-electron chi connectivity index (χ2n) is 6.13. The Labute approximate surface area is 160 Å². The summed E-state index contributed by atoms with van der Waals surface area (Å²) in [5, 5.41) is 1.23. The molecule has 0 spiro atoms. The molecule has 27 heavy (non-hydrogen) atoms. The van der Waals surface area contributed by atoms with E-state index in [1.54, 1.807) is 24.3 Å². The van der Waals surface area contributed by atoms with E-state index in [-0.39, 0.29) is 6.61 Å². The van der Waals surface area contributed by atoms with E-state index in [1.807, 2.05) is 37.3 Å². The summed E-state index contributed by atoms with van der Waals surface area (Å²) in [4.78, 5) is 20.9. The number of halogens is 1. The number of nitrogens with zero attached hydrogens (tertiary/aromatic N) is 2. The van der Waals surface area contributed by atoms with Gasteiger partial charge in [0.1, 0.15) is 23.7 Å². The minimum atomic E-state index is -0.438. The summed E-state index contributed by atoms with van der Waals surface area (Å²) >= 11 is 5.87. The van der Waals surface area contributed by atoms with Crippen molar-refractivity contribution in [3.8, 4) is 11.5 Å². The van der Waals surface area contributed by atoms with Gasteiger partial charge >= 0.3 is 5.97 Å². The third-order valence-electron chi connectivity index (χ3n) is 4.09. The van der Waals surface area contributed by atoms with Gasteiger partial charge in [0.25, 0.3) is 0 Å². The molecule has 0 aliphatic rings. The number of fused-ring (bicyclic) bond motifs is 1. The van der Waals surface area contributed by atoms with Crippen molar-refractivity contribution in [1.82, 2.24) is 9.97 Å². The number of carbonyl (C=O) groups excluding carboxylic acids is 1. The molecule has 0 aliphatic carbocycles. The Morgan fingerprint density at radius 1 is 1.07 bits per heavy atom. The van der Waals surface area contributed by atoms with Gasteiger partial charge < -0.3 is 9.15 Å². The molecule has 2 heterocycles. The SMILES string of the molecule is Cc1ccc(-c2nc(COC(=O)c3ccc4nc(Cl)ccc4c3)co2)cc1. The van der Waals surface area contributed by atoms with Crippen LogP contribution in [0.3, 0.4) is 0 Å². The van der Waals surface area contributed by atoms with Crippen molar-refractivity contribution in [2.24, 2.45) is 0 Å². The molecule has 0 bridgehead atoms. The van der Waals surface area contributed by atoms with Crippen molar-refractivity contribution in [2.75, 3.05) is 0 Å². The van der Waals surface area contributed by atoms with Crippen LogP contribution in [0.5, 0.6) is 0 Å². The molecule has 134 valence electrons. The molecule has 0 aliphatic heterocycles. The van der Waals surface area contributed by atoms with Gasteiger partial charge in [-0.3, -0.25) is 0 Å². The van der Waals surface area contributed by atoms with Gasteiger partial charge in [0.2, 0.25) is 5.89 Å². The summed E-state index contributed by atoms with van der Waals surface area (Å²) in [7, 11) is 0. The monoisotopic (exact) mass is 378 g/mol. The molecule has 0 atom stereocenters. The van der Waals surface area contributed by atoms with Crippen LogP contribution in [-0.4, -0.2) is 15.9 Å². The molecule has 0 unspecified atom stereocenters. The number of pyridine rings is 1. The van der Waals surface area contributed by atoms with Crippen LogP contribution >= 0.6 is 11.6 Å². The second-order valence-corrected chi connectivity index (χ2v) is 6.51. The second kappa shape index (κ2) is 7.21. The fraction of sp³-hybridized carbons (Fsp3) is 0.0952. The average molecular weight is 379 g/mol. The maximum absolute atomic E-state index is 12.3. The van der Waals surface area contributed by atoms with Crippen LogP contribution in [0.25, 0.3) is 22.4 Å². The molecule has 2 aromatic carbocycles. The summed E-state index contributed by atoms with van der Waals surface area (Å²) in [5.41, 5.74) is 3.74. The van der Waals surface area contributed by atoms with Gasteiger partial charge in [0.05, 0.1) is 11.1 Å². The highest BCUT2D eigenvalue weighted by Crippen LogP contribution is 2.20. The van der Waals surface area contributed by atoms with Crippen LogP contribution in [0.2, 0.25) is 5.15 Å². The number of ether oxygens (including phenoxy) is 1. The standard InChI is InChI=1S/C21H15ClN2O3/c1-13-2-4-14(5-3-13)20-23-17(11-26-20)12-27-21(25)16-6-8-18-15(10-16)7-9-19(22)24-18/h2-11H,12H2,1H3. The Hall–Kier alpha value is -3.18. The Balaban J connectivity index is 1.45. The zero-order valence-electron chi connectivity index (χ0n) is 14.5. The summed E-state index contributed by atoms with van der Waals surface area (Å²) in [5.74, 6) is 0.0569. The third kappa shape index (κ3) is 3.83. The average Bonchev–Trinajstić information content (AvgIpc) is 3.15. The number of aromatic nitrogens is 2. The molecular weight excluding hydrogens is 364 g/mol. The van der Waals surface area contributed by atoms with Crippen molar-refractivity contribution in [1.29, 1.82) is 0 Å². The fourth-order valence-corrected chi connectivity index (χ4v) is 2.81. The van der Waals surface area contributed by atoms with Crippen LogP contribution in [0.15, 0.2) is 65.3 Å². The van der Waals surface area contributed by atoms with E-state index < -0.39 is 5.97 Å². The molecule has 4 aromatic rings. The molecule has 0 saturated carbocycles. The number of carbonyl (C=O) groups is 1. The first kappa shape index (κ1) is 17.2. The first-order valence-corrected chi connectivity index (χ1v) is 8.71. The maximum atomic E-state index is 12.3. The summed E-state index contributed by atoms with van der Waals surface area (Å²) in [6.45, 7) is 2.05. The predicted octanol–water partition coefficient (Wildman–Crippen LogP) is 5.21.